The summed E-state index contributed by atoms with van der Waals surface area (Å²) in [6.45, 7) is 1.25. The van der Waals surface area contributed by atoms with Gasteiger partial charge in [-0.2, -0.15) is 0 Å². The molecule has 1 N–H and O–H groups in total. The molecule has 1 aliphatic heterocycles. The largest absolute Gasteiger partial charge is 0.487 e. The van der Waals surface area contributed by atoms with Crippen LogP contribution < -0.4 is 14.4 Å². The summed E-state index contributed by atoms with van der Waals surface area (Å²) in [6, 6.07) is 20.9. The van der Waals surface area contributed by atoms with E-state index in [1.165, 1.54) is 29.5 Å². The predicted molar refractivity (Wildman–Crippen MR) is 148 cm³/mol. The molecule has 2 heterocycles. The van der Waals surface area contributed by atoms with Crippen molar-refractivity contribution in [1.29, 1.82) is 0 Å². The third-order valence-electron chi connectivity index (χ3n) is 6.05. The molecule has 38 heavy (non-hydrogen) atoms. The van der Waals surface area contributed by atoms with Crippen molar-refractivity contribution in [2.45, 2.75) is 24.5 Å². The number of hydrogen-bond acceptors (Lipinski definition) is 7. The maximum Gasteiger partial charge on any atom is 0.268 e. The van der Waals surface area contributed by atoms with E-state index in [1.54, 1.807) is 36.4 Å². The number of sulfonamides is 1. The van der Waals surface area contributed by atoms with Crippen LogP contribution in [0.2, 0.25) is 5.02 Å². The number of aromatic nitrogens is 2. The molecule has 0 fully saturated rings. The Morgan fingerprint density at radius 3 is 2.47 bits per heavy atom. The molecule has 1 amide bonds. The van der Waals surface area contributed by atoms with Gasteiger partial charge in [0.05, 0.1) is 16.2 Å². The highest BCUT2D eigenvalue weighted by Gasteiger charge is 2.25. The van der Waals surface area contributed by atoms with Gasteiger partial charge < -0.3 is 9.64 Å². The Kier molecular flexibility index (Phi) is 7.64. The van der Waals surface area contributed by atoms with Crippen LogP contribution in [0.3, 0.4) is 0 Å². The van der Waals surface area contributed by atoms with Gasteiger partial charge in [-0.3, -0.25) is 4.79 Å². The summed E-state index contributed by atoms with van der Waals surface area (Å²) in [5.74, 6) is 0.106. The first-order chi connectivity index (χ1) is 18.3. The first-order valence-electron chi connectivity index (χ1n) is 11.7. The van der Waals surface area contributed by atoms with Gasteiger partial charge in [0.15, 0.2) is 0 Å². The second-order valence-corrected chi connectivity index (χ2v) is 11.6. The third kappa shape index (κ3) is 5.98. The molecule has 0 spiro atoms. The van der Waals surface area contributed by atoms with Crippen LogP contribution >= 0.6 is 27.5 Å². The zero-order valence-electron chi connectivity index (χ0n) is 20.0. The fourth-order valence-electron chi connectivity index (χ4n) is 4.06. The lowest BCUT2D eigenvalue weighted by Crippen LogP contribution is -2.34. The number of nitrogens with zero attached hydrogens (tertiary/aromatic N) is 3. The number of benzene rings is 3. The van der Waals surface area contributed by atoms with E-state index < -0.39 is 15.9 Å². The van der Waals surface area contributed by atoms with Crippen molar-refractivity contribution in [1.82, 2.24) is 14.7 Å². The third-order valence-corrected chi connectivity index (χ3v) is 8.18. The lowest BCUT2D eigenvalue weighted by Gasteiger charge is -2.29. The minimum atomic E-state index is -4.12. The van der Waals surface area contributed by atoms with Gasteiger partial charge in [0.2, 0.25) is 5.95 Å². The molecule has 0 bridgehead atoms. The second-order valence-electron chi connectivity index (χ2n) is 8.60. The Labute approximate surface area is 233 Å². The quantitative estimate of drug-likeness (QED) is 0.308. The number of amides is 1. The molecule has 4 aromatic rings. The van der Waals surface area contributed by atoms with Crippen molar-refractivity contribution in [3.63, 3.8) is 0 Å². The summed E-state index contributed by atoms with van der Waals surface area (Å²) in [5.41, 5.74) is 2.72. The summed E-state index contributed by atoms with van der Waals surface area (Å²) >= 11 is 9.24. The SMILES string of the molecule is O=C(NS(=O)(=O)c1ccc(Br)cc1)c1cnc(N2CCc3ccccc3C2)nc1COc1ccc(Cl)cc1. The van der Waals surface area contributed by atoms with Gasteiger partial charge in [-0.25, -0.2) is 23.1 Å². The van der Waals surface area contributed by atoms with E-state index in [0.29, 0.717) is 34.3 Å². The Morgan fingerprint density at radius 2 is 1.74 bits per heavy atom. The van der Waals surface area contributed by atoms with E-state index in [2.05, 4.69) is 42.8 Å². The topological polar surface area (TPSA) is 101 Å². The van der Waals surface area contributed by atoms with Crippen molar-refractivity contribution >= 4 is 49.4 Å². The maximum atomic E-state index is 13.2. The molecule has 5 rings (SSSR count). The number of carbonyl (C=O) groups is 1. The van der Waals surface area contributed by atoms with Crippen molar-refractivity contribution in [2.75, 3.05) is 11.4 Å². The molecule has 11 heteroatoms. The number of hydrogen-bond donors (Lipinski definition) is 1. The van der Waals surface area contributed by atoms with Crippen molar-refractivity contribution < 1.29 is 17.9 Å². The number of rotatable bonds is 7. The number of ether oxygens (including phenoxy) is 1. The standard InChI is InChI=1S/C27H22BrClN4O4S/c28-20-5-11-23(12-6-20)38(35,36)32-26(34)24-15-30-27(33-14-13-18-3-1-2-4-19(18)16-33)31-25(24)17-37-22-9-7-21(29)8-10-22/h1-12,15H,13-14,16-17H2,(H,32,34). The summed E-state index contributed by atoms with van der Waals surface area (Å²) in [5, 5.41) is 0.560. The van der Waals surface area contributed by atoms with Gasteiger partial charge in [-0.1, -0.05) is 51.8 Å². The molecule has 0 aliphatic carbocycles. The van der Waals surface area contributed by atoms with Crippen LogP contribution in [0.1, 0.15) is 27.2 Å². The molecule has 0 atom stereocenters. The summed E-state index contributed by atoms with van der Waals surface area (Å²) in [4.78, 5) is 24.2. The number of anilines is 1. The van der Waals surface area contributed by atoms with Gasteiger partial charge in [0.1, 0.15) is 12.4 Å². The lowest BCUT2D eigenvalue weighted by molar-refractivity contribution is 0.0978. The maximum absolute atomic E-state index is 13.2. The van der Waals surface area contributed by atoms with Gasteiger partial charge >= 0.3 is 0 Å². The molecule has 0 saturated carbocycles. The molecule has 1 aliphatic rings. The fourth-order valence-corrected chi connectivity index (χ4v) is 5.41. The van der Waals surface area contributed by atoms with E-state index >= 15 is 0 Å². The van der Waals surface area contributed by atoms with E-state index in [4.69, 9.17) is 16.3 Å². The minimum absolute atomic E-state index is 0.000750. The predicted octanol–water partition coefficient (Wildman–Crippen LogP) is 5.15. The highest BCUT2D eigenvalue weighted by Crippen LogP contribution is 2.24. The van der Waals surface area contributed by atoms with Crippen LogP contribution in [0.15, 0.2) is 88.4 Å². The summed E-state index contributed by atoms with van der Waals surface area (Å²) in [7, 11) is -4.12. The zero-order valence-corrected chi connectivity index (χ0v) is 23.1. The molecular weight excluding hydrogens is 592 g/mol. The first-order valence-corrected chi connectivity index (χ1v) is 14.3. The average molecular weight is 614 g/mol. The van der Waals surface area contributed by atoms with Crippen LogP contribution in [-0.2, 0) is 29.6 Å². The van der Waals surface area contributed by atoms with Crippen LogP contribution in [0.25, 0.3) is 0 Å². The molecule has 0 unspecified atom stereocenters. The minimum Gasteiger partial charge on any atom is -0.487 e. The number of nitrogens with one attached hydrogen (secondary N) is 1. The van der Waals surface area contributed by atoms with Crippen LogP contribution in [-0.4, -0.2) is 30.8 Å². The molecule has 1 aromatic heterocycles. The van der Waals surface area contributed by atoms with Crippen molar-refractivity contribution in [3.8, 4) is 5.75 Å². The van der Waals surface area contributed by atoms with Gasteiger partial charge in [0.25, 0.3) is 15.9 Å². The van der Waals surface area contributed by atoms with Crippen LogP contribution in [0.4, 0.5) is 5.95 Å². The van der Waals surface area contributed by atoms with E-state index in [9.17, 15) is 13.2 Å². The smallest absolute Gasteiger partial charge is 0.268 e. The van der Waals surface area contributed by atoms with Gasteiger partial charge in [-0.05, 0) is 66.1 Å². The molecule has 0 saturated heterocycles. The van der Waals surface area contributed by atoms with Gasteiger partial charge in [0, 0.05) is 28.8 Å². The first kappa shape index (κ1) is 26.1. The van der Waals surface area contributed by atoms with E-state index in [1.807, 2.05) is 17.0 Å². The number of halogens is 2. The normalized spacial score (nSPS) is 13.1. The Hall–Kier alpha value is -3.47. The second kappa shape index (κ2) is 11.1. The molecule has 194 valence electrons. The summed E-state index contributed by atoms with van der Waals surface area (Å²) in [6.07, 6.45) is 2.18. The zero-order chi connectivity index (χ0) is 26.7. The molecule has 8 nitrogen and oxygen atoms in total. The fraction of sp³-hybridized carbons (Fsp3) is 0.148. The van der Waals surface area contributed by atoms with Crippen molar-refractivity contribution in [3.05, 3.63) is 111 Å². The number of fused-ring (bicyclic) bond motifs is 1. The Morgan fingerprint density at radius 1 is 1.03 bits per heavy atom. The Balaban J connectivity index is 1.43. The highest BCUT2D eigenvalue weighted by molar-refractivity contribution is 9.10. The summed E-state index contributed by atoms with van der Waals surface area (Å²) < 4.78 is 34.4. The number of carbonyl (C=O) groups excluding carboxylic acids is 1. The van der Waals surface area contributed by atoms with Crippen molar-refractivity contribution in [2.24, 2.45) is 0 Å². The highest BCUT2D eigenvalue weighted by atomic mass is 79.9. The molecule has 0 radical (unpaired) electrons. The monoisotopic (exact) mass is 612 g/mol. The molecule has 3 aromatic carbocycles. The lowest BCUT2D eigenvalue weighted by atomic mass is 10.0. The van der Waals surface area contributed by atoms with E-state index in [-0.39, 0.29) is 22.8 Å². The average Bonchev–Trinajstić information content (AvgIpc) is 2.92. The van der Waals surface area contributed by atoms with Gasteiger partial charge in [-0.15, -0.1) is 0 Å². The molecular formula is C27H22BrClN4O4S. The Bertz CT molecular complexity index is 1580. The van der Waals surface area contributed by atoms with E-state index in [0.717, 1.165) is 6.42 Å². The van der Waals surface area contributed by atoms with Crippen LogP contribution in [0.5, 0.6) is 5.75 Å². The van der Waals surface area contributed by atoms with Crippen LogP contribution in [0, 0.1) is 0 Å².